The molecule has 5 nitrogen and oxygen atoms in total. The third kappa shape index (κ3) is 8.57. The molecule has 0 saturated carbocycles. The van der Waals surface area contributed by atoms with E-state index in [1.807, 2.05) is 37.3 Å². The first-order valence-corrected chi connectivity index (χ1v) is 8.79. The van der Waals surface area contributed by atoms with E-state index in [4.69, 9.17) is 4.74 Å². The molecule has 1 unspecified atom stereocenters. The number of nitrogens with one attached hydrogen (secondary N) is 2. The maximum atomic E-state index is 13.1. The lowest BCUT2D eigenvalue weighted by Crippen LogP contribution is -2.39. The van der Waals surface area contributed by atoms with Crippen molar-refractivity contribution < 1.29 is 14.2 Å². The fourth-order valence-electron chi connectivity index (χ4n) is 2.43. The van der Waals surface area contributed by atoms with Crippen molar-refractivity contribution in [3.8, 4) is 5.75 Å². The first-order chi connectivity index (χ1) is 12.7. The third-order valence-electron chi connectivity index (χ3n) is 3.76. The molecular formula is C20H27FIN3O2. The lowest BCUT2D eigenvalue weighted by Gasteiger charge is -2.15. The summed E-state index contributed by atoms with van der Waals surface area (Å²) in [5, 5.41) is 16.0. The number of aliphatic hydroxyl groups excluding tert-OH is 1. The Morgan fingerprint density at radius 3 is 2.59 bits per heavy atom. The molecule has 2 aromatic carbocycles. The maximum Gasteiger partial charge on any atom is 0.191 e. The zero-order chi connectivity index (χ0) is 18.6. The number of halogens is 2. The highest BCUT2D eigenvalue weighted by molar-refractivity contribution is 14.0. The summed E-state index contributed by atoms with van der Waals surface area (Å²) < 4.78 is 18.6. The molecule has 2 aromatic rings. The molecule has 1 atom stereocenters. The van der Waals surface area contributed by atoms with E-state index in [0.717, 1.165) is 12.1 Å². The molecule has 0 aliphatic rings. The maximum absolute atomic E-state index is 13.1. The van der Waals surface area contributed by atoms with E-state index in [-0.39, 0.29) is 42.3 Å². The average molecular weight is 487 g/mol. The van der Waals surface area contributed by atoms with Gasteiger partial charge in [-0.05, 0) is 24.6 Å². The van der Waals surface area contributed by atoms with E-state index in [2.05, 4.69) is 15.6 Å². The van der Waals surface area contributed by atoms with E-state index < -0.39 is 0 Å². The number of aliphatic hydroxyl groups is 1. The van der Waals surface area contributed by atoms with E-state index in [1.165, 1.54) is 12.1 Å². The first-order valence-electron chi connectivity index (χ1n) is 8.79. The lowest BCUT2D eigenvalue weighted by atomic mass is 10.0. The second-order valence-corrected chi connectivity index (χ2v) is 5.74. The minimum absolute atomic E-state index is 0. The Bertz CT molecular complexity index is 686. The molecule has 148 valence electrons. The average Bonchev–Trinajstić information content (AvgIpc) is 2.66. The smallest absolute Gasteiger partial charge is 0.191 e. The van der Waals surface area contributed by atoms with Crippen LogP contribution in [0.4, 0.5) is 4.39 Å². The summed E-state index contributed by atoms with van der Waals surface area (Å²) in [4.78, 5) is 4.54. The van der Waals surface area contributed by atoms with Gasteiger partial charge < -0.3 is 20.5 Å². The van der Waals surface area contributed by atoms with Crippen molar-refractivity contribution >= 4 is 29.9 Å². The van der Waals surface area contributed by atoms with E-state index in [1.54, 1.807) is 12.1 Å². The SMILES string of the molecule is CCNC(=NCC(CO)c1ccccc1)NCCOc1cccc(F)c1.I. The van der Waals surface area contributed by atoms with Crippen molar-refractivity contribution in [2.45, 2.75) is 12.8 Å². The molecule has 0 aliphatic carbocycles. The van der Waals surface area contributed by atoms with Crippen molar-refractivity contribution in [1.82, 2.24) is 10.6 Å². The molecular weight excluding hydrogens is 460 g/mol. The number of hydrogen-bond acceptors (Lipinski definition) is 3. The number of hydrogen-bond donors (Lipinski definition) is 3. The number of benzene rings is 2. The van der Waals surface area contributed by atoms with Crippen LogP contribution in [0.1, 0.15) is 18.4 Å². The third-order valence-corrected chi connectivity index (χ3v) is 3.76. The summed E-state index contributed by atoms with van der Waals surface area (Å²) in [5.41, 5.74) is 1.06. The fourth-order valence-corrected chi connectivity index (χ4v) is 2.43. The van der Waals surface area contributed by atoms with Crippen LogP contribution in [0.15, 0.2) is 59.6 Å². The van der Waals surface area contributed by atoms with Crippen LogP contribution in [0, 0.1) is 5.82 Å². The lowest BCUT2D eigenvalue weighted by molar-refractivity contribution is 0.268. The number of nitrogens with zero attached hydrogens (tertiary/aromatic N) is 1. The summed E-state index contributed by atoms with van der Waals surface area (Å²) in [7, 11) is 0. The van der Waals surface area contributed by atoms with Gasteiger partial charge >= 0.3 is 0 Å². The minimum Gasteiger partial charge on any atom is -0.492 e. The zero-order valence-electron chi connectivity index (χ0n) is 15.4. The Balaban J connectivity index is 0.00000364. The van der Waals surface area contributed by atoms with Crippen molar-refractivity contribution in [1.29, 1.82) is 0 Å². The van der Waals surface area contributed by atoms with Gasteiger partial charge in [0, 0.05) is 18.5 Å². The van der Waals surface area contributed by atoms with Crippen LogP contribution in [-0.2, 0) is 0 Å². The molecule has 0 fully saturated rings. The van der Waals surface area contributed by atoms with Crippen molar-refractivity contribution in [2.75, 3.05) is 32.8 Å². The molecule has 2 rings (SSSR count). The number of rotatable bonds is 9. The quantitative estimate of drug-likeness (QED) is 0.220. The van der Waals surface area contributed by atoms with Gasteiger partial charge in [0.15, 0.2) is 5.96 Å². The van der Waals surface area contributed by atoms with Gasteiger partial charge in [-0.3, -0.25) is 4.99 Å². The number of guanidine groups is 1. The first kappa shape index (κ1) is 23.2. The molecule has 0 radical (unpaired) electrons. The molecule has 0 heterocycles. The van der Waals surface area contributed by atoms with Crippen molar-refractivity contribution in [3.05, 3.63) is 66.0 Å². The van der Waals surface area contributed by atoms with Gasteiger partial charge in [0.2, 0.25) is 0 Å². The standard InChI is InChI=1S/C20H26FN3O2.HI/c1-2-22-20(23-11-12-26-19-10-6-9-18(21)13-19)24-14-17(15-25)16-7-4-3-5-8-16;/h3-10,13,17,25H,2,11-12,14-15H2,1H3,(H2,22,23,24);1H. The minimum atomic E-state index is -0.318. The van der Waals surface area contributed by atoms with Crippen LogP contribution in [0.3, 0.4) is 0 Å². The summed E-state index contributed by atoms with van der Waals surface area (Å²) >= 11 is 0. The highest BCUT2D eigenvalue weighted by atomic mass is 127. The molecule has 3 N–H and O–H groups in total. The number of ether oxygens (including phenoxy) is 1. The topological polar surface area (TPSA) is 65.9 Å². The van der Waals surface area contributed by atoms with Gasteiger partial charge in [0.1, 0.15) is 18.2 Å². The van der Waals surface area contributed by atoms with E-state index >= 15 is 0 Å². The Morgan fingerprint density at radius 1 is 1.15 bits per heavy atom. The normalized spacial score (nSPS) is 12.0. The van der Waals surface area contributed by atoms with Crippen LogP contribution in [0.25, 0.3) is 0 Å². The molecule has 0 aromatic heterocycles. The molecule has 0 saturated heterocycles. The predicted molar refractivity (Wildman–Crippen MR) is 118 cm³/mol. The Kier molecular flexibility index (Phi) is 11.4. The van der Waals surface area contributed by atoms with Crippen LogP contribution >= 0.6 is 24.0 Å². The van der Waals surface area contributed by atoms with Crippen LogP contribution in [0.2, 0.25) is 0 Å². The van der Waals surface area contributed by atoms with Gasteiger partial charge in [-0.25, -0.2) is 4.39 Å². The summed E-state index contributed by atoms with van der Waals surface area (Å²) in [6.07, 6.45) is 0. The molecule has 7 heteroatoms. The fraction of sp³-hybridized carbons (Fsp3) is 0.350. The van der Waals surface area contributed by atoms with Gasteiger partial charge in [0.25, 0.3) is 0 Å². The molecule has 0 spiro atoms. The van der Waals surface area contributed by atoms with Gasteiger partial charge in [0.05, 0.1) is 19.7 Å². The van der Waals surface area contributed by atoms with Crippen molar-refractivity contribution in [2.24, 2.45) is 4.99 Å². The molecule has 27 heavy (non-hydrogen) atoms. The van der Waals surface area contributed by atoms with Gasteiger partial charge in [-0.15, -0.1) is 24.0 Å². The Morgan fingerprint density at radius 2 is 1.93 bits per heavy atom. The van der Waals surface area contributed by atoms with E-state index in [0.29, 0.717) is 31.4 Å². The van der Waals surface area contributed by atoms with Crippen molar-refractivity contribution in [3.63, 3.8) is 0 Å². The molecule has 0 bridgehead atoms. The second-order valence-electron chi connectivity index (χ2n) is 5.74. The van der Waals surface area contributed by atoms with E-state index in [9.17, 15) is 9.50 Å². The largest absolute Gasteiger partial charge is 0.492 e. The van der Waals surface area contributed by atoms with Crippen LogP contribution in [-0.4, -0.2) is 43.9 Å². The monoisotopic (exact) mass is 487 g/mol. The highest BCUT2D eigenvalue weighted by Crippen LogP contribution is 2.15. The van der Waals surface area contributed by atoms with Gasteiger partial charge in [-0.2, -0.15) is 0 Å². The Labute approximate surface area is 177 Å². The van der Waals surface area contributed by atoms with Gasteiger partial charge in [-0.1, -0.05) is 36.4 Å². The summed E-state index contributed by atoms with van der Waals surface area (Å²) in [5.74, 6) is 0.791. The summed E-state index contributed by atoms with van der Waals surface area (Å²) in [6.45, 7) is 4.14. The highest BCUT2D eigenvalue weighted by Gasteiger charge is 2.09. The van der Waals surface area contributed by atoms with Crippen LogP contribution in [0.5, 0.6) is 5.75 Å². The molecule has 0 amide bonds. The second kappa shape index (κ2) is 13.3. The Hall–Kier alpha value is -1.87. The zero-order valence-corrected chi connectivity index (χ0v) is 17.7. The number of aliphatic imine (C=N–C) groups is 1. The molecule has 0 aliphatic heterocycles. The predicted octanol–water partition coefficient (Wildman–Crippen LogP) is 3.15. The van der Waals surface area contributed by atoms with Crippen LogP contribution < -0.4 is 15.4 Å². The summed E-state index contributed by atoms with van der Waals surface area (Å²) in [6, 6.07) is 15.9.